The van der Waals surface area contributed by atoms with E-state index in [1.54, 1.807) is 0 Å². The Morgan fingerprint density at radius 3 is 2.29 bits per heavy atom. The van der Waals surface area contributed by atoms with Crippen LogP contribution in [0.1, 0.15) is 23.1 Å². The zero-order valence-corrected chi connectivity index (χ0v) is 15.9. The highest BCUT2D eigenvalue weighted by molar-refractivity contribution is 5.48. The summed E-state index contributed by atoms with van der Waals surface area (Å²) >= 11 is 0. The van der Waals surface area contributed by atoms with Crippen molar-refractivity contribution < 1.29 is 8.78 Å². The number of aryl methyl sites for hydroxylation is 1. The molecule has 0 saturated carbocycles. The Morgan fingerprint density at radius 1 is 0.821 bits per heavy atom. The minimum Gasteiger partial charge on any atom is -0.295 e. The van der Waals surface area contributed by atoms with E-state index < -0.39 is 5.82 Å². The van der Waals surface area contributed by atoms with E-state index in [-0.39, 0.29) is 5.82 Å². The molecule has 0 atom stereocenters. The first-order chi connectivity index (χ1) is 13.7. The van der Waals surface area contributed by atoms with Crippen LogP contribution in [-0.2, 0) is 13.0 Å². The summed E-state index contributed by atoms with van der Waals surface area (Å²) in [5.41, 5.74) is 2.82. The molecule has 0 spiro atoms. The molecule has 0 aliphatic carbocycles. The molecule has 3 heteroatoms. The van der Waals surface area contributed by atoms with Crippen molar-refractivity contribution in [3.63, 3.8) is 0 Å². The number of halogens is 2. The molecule has 0 saturated heterocycles. The Labute approximate surface area is 166 Å². The Balaban J connectivity index is 1.63. The Hall–Kier alpha value is -2.78. The van der Waals surface area contributed by atoms with Crippen molar-refractivity contribution in [1.29, 1.82) is 0 Å². The zero-order chi connectivity index (χ0) is 19.6. The second kappa shape index (κ2) is 10.5. The van der Waals surface area contributed by atoms with E-state index in [9.17, 15) is 8.78 Å². The fourth-order valence-electron chi connectivity index (χ4n) is 3.19. The van der Waals surface area contributed by atoms with Gasteiger partial charge in [0.25, 0.3) is 0 Å². The molecule has 0 aliphatic rings. The van der Waals surface area contributed by atoms with Crippen LogP contribution in [0.15, 0.2) is 84.9 Å². The normalized spacial score (nSPS) is 11.4. The van der Waals surface area contributed by atoms with Crippen LogP contribution in [0.2, 0.25) is 0 Å². The van der Waals surface area contributed by atoms with Gasteiger partial charge < -0.3 is 0 Å². The number of benzene rings is 3. The van der Waals surface area contributed by atoms with Crippen molar-refractivity contribution in [2.24, 2.45) is 0 Å². The Kier molecular flexibility index (Phi) is 7.51. The van der Waals surface area contributed by atoms with E-state index in [1.807, 2.05) is 48.5 Å². The molecule has 0 fully saturated rings. The number of hydrogen-bond acceptors (Lipinski definition) is 1. The average Bonchev–Trinajstić information content (AvgIpc) is 2.72. The van der Waals surface area contributed by atoms with Gasteiger partial charge in [0.05, 0.1) is 0 Å². The summed E-state index contributed by atoms with van der Waals surface area (Å²) in [6.45, 7) is 1.88. The van der Waals surface area contributed by atoms with E-state index in [1.165, 1.54) is 17.7 Å². The van der Waals surface area contributed by atoms with Crippen molar-refractivity contribution in [2.45, 2.75) is 19.4 Å². The smallest absolute Gasteiger partial charge is 0.127 e. The van der Waals surface area contributed by atoms with E-state index >= 15 is 0 Å². The van der Waals surface area contributed by atoms with E-state index in [0.29, 0.717) is 18.7 Å². The van der Waals surface area contributed by atoms with Gasteiger partial charge in [0.2, 0.25) is 0 Å². The lowest BCUT2D eigenvalue weighted by atomic mass is 10.1. The quantitative estimate of drug-likeness (QED) is 0.435. The van der Waals surface area contributed by atoms with Gasteiger partial charge in [-0.15, -0.1) is 0 Å². The Morgan fingerprint density at radius 2 is 1.54 bits per heavy atom. The lowest BCUT2D eigenvalue weighted by molar-refractivity contribution is 0.286. The van der Waals surface area contributed by atoms with Crippen LogP contribution in [-0.4, -0.2) is 18.0 Å². The summed E-state index contributed by atoms with van der Waals surface area (Å²) < 4.78 is 27.6. The van der Waals surface area contributed by atoms with Crippen molar-refractivity contribution in [3.8, 4) is 0 Å². The predicted molar refractivity (Wildman–Crippen MR) is 112 cm³/mol. The summed E-state index contributed by atoms with van der Waals surface area (Å²) in [5.74, 6) is -0.762. The van der Waals surface area contributed by atoms with Crippen LogP contribution in [0, 0.1) is 11.6 Å². The lowest BCUT2D eigenvalue weighted by Crippen LogP contribution is -2.25. The molecule has 1 nitrogen and oxygen atoms in total. The predicted octanol–water partition coefficient (Wildman–Crippen LogP) is 6.11. The van der Waals surface area contributed by atoms with Crippen molar-refractivity contribution in [2.75, 3.05) is 13.1 Å². The summed E-state index contributed by atoms with van der Waals surface area (Å²) in [6.07, 6.45) is 6.06. The molecule has 0 N–H and O–H groups in total. The number of nitrogens with zero attached hydrogens (tertiary/aromatic N) is 1. The highest BCUT2D eigenvalue weighted by atomic mass is 19.1. The second-order valence-electron chi connectivity index (χ2n) is 6.87. The van der Waals surface area contributed by atoms with Gasteiger partial charge in [0.15, 0.2) is 0 Å². The van der Waals surface area contributed by atoms with E-state index in [0.717, 1.165) is 31.0 Å². The van der Waals surface area contributed by atoms with Gasteiger partial charge in [-0.1, -0.05) is 72.8 Å². The maximum Gasteiger partial charge on any atom is 0.127 e. The first-order valence-corrected chi connectivity index (χ1v) is 9.62. The summed E-state index contributed by atoms with van der Waals surface area (Å²) in [4.78, 5) is 2.15. The number of rotatable bonds is 9. The molecule has 0 heterocycles. The molecule has 3 aromatic rings. The third-order valence-electron chi connectivity index (χ3n) is 4.66. The van der Waals surface area contributed by atoms with Crippen LogP contribution in [0.5, 0.6) is 0 Å². The first-order valence-electron chi connectivity index (χ1n) is 9.62. The monoisotopic (exact) mass is 377 g/mol. The molecule has 3 rings (SSSR count). The molecule has 0 radical (unpaired) electrons. The summed E-state index contributed by atoms with van der Waals surface area (Å²) in [7, 11) is 0. The molecule has 0 aromatic heterocycles. The number of hydrogen-bond donors (Lipinski definition) is 0. The molecule has 28 heavy (non-hydrogen) atoms. The van der Waals surface area contributed by atoms with Crippen molar-refractivity contribution >= 4 is 6.08 Å². The van der Waals surface area contributed by atoms with Gasteiger partial charge in [0.1, 0.15) is 11.6 Å². The minimum atomic E-state index is -0.402. The molecule has 0 unspecified atom stereocenters. The first kappa shape index (κ1) is 20.0. The standard InChI is InChI=1S/C25H25F2N/c26-24-15-16-25(27)23(19-24)20-28(17-7-13-21-9-3-1-4-10-21)18-8-14-22-11-5-2-6-12-22/h1-7,9-13,15-16,19H,8,14,17-18,20H2. The van der Waals surface area contributed by atoms with Gasteiger partial charge in [-0.25, -0.2) is 8.78 Å². The fraction of sp³-hybridized carbons (Fsp3) is 0.200. The zero-order valence-electron chi connectivity index (χ0n) is 15.9. The van der Waals surface area contributed by atoms with Crippen molar-refractivity contribution in [1.82, 2.24) is 4.90 Å². The molecule has 144 valence electrons. The molecule has 3 aromatic carbocycles. The second-order valence-corrected chi connectivity index (χ2v) is 6.87. The molecular formula is C25H25F2N. The molecule has 0 bridgehead atoms. The summed E-state index contributed by atoms with van der Waals surface area (Å²) in [6, 6.07) is 24.1. The average molecular weight is 377 g/mol. The van der Waals surface area contributed by atoms with E-state index in [2.05, 4.69) is 29.2 Å². The van der Waals surface area contributed by atoms with Gasteiger partial charge in [-0.3, -0.25) is 4.90 Å². The maximum atomic E-state index is 14.1. The minimum absolute atomic E-state index is 0.360. The van der Waals surface area contributed by atoms with Crippen molar-refractivity contribution in [3.05, 3.63) is 113 Å². The lowest BCUT2D eigenvalue weighted by Gasteiger charge is -2.21. The van der Waals surface area contributed by atoms with Gasteiger partial charge in [-0.05, 0) is 48.7 Å². The molecule has 0 aliphatic heterocycles. The van der Waals surface area contributed by atoms with Gasteiger partial charge in [-0.2, -0.15) is 0 Å². The van der Waals surface area contributed by atoms with Crippen LogP contribution in [0.4, 0.5) is 8.78 Å². The van der Waals surface area contributed by atoms with Crippen LogP contribution in [0.3, 0.4) is 0 Å². The SMILES string of the molecule is Fc1ccc(F)c(CN(CC=Cc2ccccc2)CCCc2ccccc2)c1. The highest BCUT2D eigenvalue weighted by Crippen LogP contribution is 2.14. The highest BCUT2D eigenvalue weighted by Gasteiger charge is 2.10. The third kappa shape index (κ3) is 6.43. The topological polar surface area (TPSA) is 3.24 Å². The van der Waals surface area contributed by atoms with E-state index in [4.69, 9.17) is 0 Å². The maximum absolute atomic E-state index is 14.1. The van der Waals surface area contributed by atoms with Crippen LogP contribution < -0.4 is 0 Å². The summed E-state index contributed by atoms with van der Waals surface area (Å²) in [5, 5.41) is 0. The van der Waals surface area contributed by atoms with Crippen LogP contribution in [0.25, 0.3) is 6.08 Å². The van der Waals surface area contributed by atoms with Gasteiger partial charge in [0, 0.05) is 18.7 Å². The van der Waals surface area contributed by atoms with Gasteiger partial charge >= 0.3 is 0 Å². The largest absolute Gasteiger partial charge is 0.295 e. The third-order valence-corrected chi connectivity index (χ3v) is 4.66. The Bertz CT molecular complexity index is 876. The van der Waals surface area contributed by atoms with Crippen LogP contribution >= 0.6 is 0 Å². The fourth-order valence-corrected chi connectivity index (χ4v) is 3.19. The molecular weight excluding hydrogens is 352 g/mol. The molecule has 0 amide bonds.